The van der Waals surface area contributed by atoms with Crippen molar-refractivity contribution in [3.8, 4) is 0 Å². The molecule has 1 aliphatic rings. The maximum absolute atomic E-state index is 12.3. The van der Waals surface area contributed by atoms with Crippen LogP contribution in [0.5, 0.6) is 0 Å². The Morgan fingerprint density at radius 3 is 2.95 bits per heavy atom. The number of nitrogens with zero attached hydrogens (tertiary/aromatic N) is 3. The van der Waals surface area contributed by atoms with Crippen LogP contribution in [0.4, 0.5) is 0 Å². The number of hydrogen-bond donors (Lipinski definition) is 0. The molecule has 0 radical (unpaired) electrons. The molecule has 1 aromatic heterocycles. The van der Waals surface area contributed by atoms with Crippen LogP contribution >= 0.6 is 0 Å². The van der Waals surface area contributed by atoms with Gasteiger partial charge in [0.15, 0.2) is 0 Å². The lowest BCUT2D eigenvalue weighted by Crippen LogP contribution is -2.36. The van der Waals surface area contributed by atoms with E-state index in [-0.39, 0.29) is 5.91 Å². The first-order valence-corrected chi connectivity index (χ1v) is 7.42. The molecule has 0 unspecified atom stereocenters. The van der Waals surface area contributed by atoms with Crippen molar-refractivity contribution in [2.75, 3.05) is 6.54 Å². The first kappa shape index (κ1) is 13.7. The lowest BCUT2D eigenvalue weighted by atomic mass is 10.1. The minimum Gasteiger partial charge on any atom is -0.338 e. The Hall–Kier alpha value is -2.23. The Morgan fingerprint density at radius 1 is 1.24 bits per heavy atom. The molecule has 2 aromatic rings. The van der Waals surface area contributed by atoms with Gasteiger partial charge in [0.05, 0.1) is 5.69 Å². The summed E-state index contributed by atoms with van der Waals surface area (Å²) in [7, 11) is 0. The molecule has 0 saturated carbocycles. The first-order valence-electron chi connectivity index (χ1n) is 7.42. The second-order valence-electron chi connectivity index (χ2n) is 5.40. The van der Waals surface area contributed by atoms with E-state index in [9.17, 15) is 4.79 Å². The van der Waals surface area contributed by atoms with E-state index < -0.39 is 0 Å². The molecule has 0 saturated heterocycles. The van der Waals surface area contributed by atoms with Crippen molar-refractivity contribution in [2.45, 2.75) is 32.2 Å². The molecule has 0 fully saturated rings. The van der Waals surface area contributed by atoms with Gasteiger partial charge in [-0.3, -0.25) is 4.79 Å². The summed E-state index contributed by atoms with van der Waals surface area (Å²) in [4.78, 5) is 22.5. The van der Waals surface area contributed by atoms with E-state index in [0.29, 0.717) is 13.0 Å². The van der Waals surface area contributed by atoms with Gasteiger partial charge in [0.1, 0.15) is 6.33 Å². The lowest BCUT2D eigenvalue weighted by Gasteiger charge is -2.27. The Labute approximate surface area is 124 Å². The van der Waals surface area contributed by atoms with E-state index in [2.05, 4.69) is 22.1 Å². The topological polar surface area (TPSA) is 46.1 Å². The van der Waals surface area contributed by atoms with Gasteiger partial charge in [0.2, 0.25) is 5.91 Å². The molecule has 0 atom stereocenters. The van der Waals surface area contributed by atoms with Crippen LogP contribution in [0.1, 0.15) is 29.7 Å². The summed E-state index contributed by atoms with van der Waals surface area (Å²) in [5, 5.41) is 0. The van der Waals surface area contributed by atoms with Crippen LogP contribution < -0.4 is 0 Å². The Morgan fingerprint density at radius 2 is 2.10 bits per heavy atom. The molecule has 2 heterocycles. The third-order valence-corrected chi connectivity index (χ3v) is 3.91. The van der Waals surface area contributed by atoms with Gasteiger partial charge in [0, 0.05) is 37.7 Å². The van der Waals surface area contributed by atoms with E-state index in [1.807, 2.05) is 29.3 Å². The summed E-state index contributed by atoms with van der Waals surface area (Å²) < 4.78 is 0. The first-order chi connectivity index (χ1) is 10.3. The summed E-state index contributed by atoms with van der Waals surface area (Å²) in [6.07, 6.45) is 6.71. The summed E-state index contributed by atoms with van der Waals surface area (Å²) in [5.74, 6) is 0.237. The van der Waals surface area contributed by atoms with Crippen LogP contribution in [0.3, 0.4) is 0 Å². The number of carbonyl (C=O) groups excluding carboxylic acids is 1. The monoisotopic (exact) mass is 281 g/mol. The third kappa shape index (κ3) is 3.45. The summed E-state index contributed by atoms with van der Waals surface area (Å²) in [6.45, 7) is 1.43. The molecule has 4 nitrogen and oxygen atoms in total. The van der Waals surface area contributed by atoms with Crippen LogP contribution in [0.15, 0.2) is 42.9 Å². The van der Waals surface area contributed by atoms with Crippen LogP contribution in [0.2, 0.25) is 0 Å². The van der Waals surface area contributed by atoms with Gasteiger partial charge < -0.3 is 4.90 Å². The van der Waals surface area contributed by atoms with Crippen molar-refractivity contribution in [1.29, 1.82) is 0 Å². The van der Waals surface area contributed by atoms with E-state index >= 15 is 0 Å². The highest BCUT2D eigenvalue weighted by molar-refractivity contribution is 5.76. The van der Waals surface area contributed by atoms with E-state index in [1.165, 1.54) is 5.56 Å². The predicted molar refractivity (Wildman–Crippen MR) is 80.5 cm³/mol. The second-order valence-corrected chi connectivity index (χ2v) is 5.40. The number of carbonyl (C=O) groups is 1. The van der Waals surface area contributed by atoms with Gasteiger partial charge >= 0.3 is 0 Å². The summed E-state index contributed by atoms with van der Waals surface area (Å²) in [6, 6.07) is 10.3. The predicted octanol–water partition coefficient (Wildman–Crippen LogP) is 2.38. The van der Waals surface area contributed by atoms with E-state index in [1.54, 1.807) is 6.33 Å². The molecule has 1 aliphatic heterocycles. The normalized spacial score (nSPS) is 13.8. The van der Waals surface area contributed by atoms with Crippen molar-refractivity contribution in [3.63, 3.8) is 0 Å². The number of hydrogen-bond acceptors (Lipinski definition) is 3. The number of aryl methyl sites for hydroxylation is 1. The molecule has 21 heavy (non-hydrogen) atoms. The smallest absolute Gasteiger partial charge is 0.222 e. The minimum atomic E-state index is 0.237. The zero-order chi connectivity index (χ0) is 14.5. The fourth-order valence-corrected chi connectivity index (χ4v) is 2.73. The number of amides is 1. The molecule has 3 rings (SSSR count). The van der Waals surface area contributed by atoms with Gasteiger partial charge in [-0.1, -0.05) is 30.3 Å². The van der Waals surface area contributed by atoms with Gasteiger partial charge in [-0.15, -0.1) is 0 Å². The van der Waals surface area contributed by atoms with Gasteiger partial charge in [-0.25, -0.2) is 9.97 Å². The molecule has 0 bridgehead atoms. The molecule has 4 heteroatoms. The number of rotatable bonds is 4. The molecule has 0 aliphatic carbocycles. The number of benzene rings is 1. The molecule has 0 N–H and O–H groups in total. The number of aromatic nitrogens is 2. The fourth-order valence-electron chi connectivity index (χ4n) is 2.73. The maximum atomic E-state index is 12.3. The molecule has 1 aromatic carbocycles. The molecular weight excluding hydrogens is 262 g/mol. The van der Waals surface area contributed by atoms with Gasteiger partial charge in [0.25, 0.3) is 0 Å². The Balaban J connectivity index is 1.50. The minimum absolute atomic E-state index is 0.237. The standard InChI is InChI=1S/C17H19N3O/c21-17(8-4-7-14-5-2-1-3-6-14)20-10-9-16-15(12-20)11-18-13-19-16/h1-3,5-6,11,13H,4,7-10,12H2. The SMILES string of the molecule is O=C(CCCc1ccccc1)N1CCc2ncncc2C1. The van der Waals surface area contributed by atoms with Crippen molar-refractivity contribution >= 4 is 5.91 Å². The average Bonchev–Trinajstić information content (AvgIpc) is 2.55. The van der Waals surface area contributed by atoms with Crippen LogP contribution in [-0.2, 0) is 24.2 Å². The van der Waals surface area contributed by atoms with Crippen LogP contribution in [-0.4, -0.2) is 27.3 Å². The largest absolute Gasteiger partial charge is 0.338 e. The maximum Gasteiger partial charge on any atom is 0.222 e. The van der Waals surface area contributed by atoms with Crippen molar-refractivity contribution in [1.82, 2.24) is 14.9 Å². The average molecular weight is 281 g/mol. The fraction of sp³-hybridized carbons (Fsp3) is 0.353. The Kier molecular flexibility index (Phi) is 4.24. The quantitative estimate of drug-likeness (QED) is 0.864. The highest BCUT2D eigenvalue weighted by Gasteiger charge is 2.20. The van der Waals surface area contributed by atoms with E-state index in [0.717, 1.165) is 37.1 Å². The zero-order valence-corrected chi connectivity index (χ0v) is 12.0. The van der Waals surface area contributed by atoms with Crippen LogP contribution in [0, 0.1) is 0 Å². The lowest BCUT2D eigenvalue weighted by molar-refractivity contribution is -0.132. The van der Waals surface area contributed by atoms with Crippen molar-refractivity contribution in [2.24, 2.45) is 0 Å². The van der Waals surface area contributed by atoms with Gasteiger partial charge in [-0.2, -0.15) is 0 Å². The highest BCUT2D eigenvalue weighted by Crippen LogP contribution is 2.17. The van der Waals surface area contributed by atoms with Gasteiger partial charge in [-0.05, 0) is 18.4 Å². The Bertz CT molecular complexity index is 612. The number of fused-ring (bicyclic) bond motifs is 1. The summed E-state index contributed by atoms with van der Waals surface area (Å²) in [5.41, 5.74) is 3.46. The zero-order valence-electron chi connectivity index (χ0n) is 12.0. The highest BCUT2D eigenvalue weighted by atomic mass is 16.2. The molecule has 108 valence electrons. The second kappa shape index (κ2) is 6.48. The van der Waals surface area contributed by atoms with Crippen LogP contribution in [0.25, 0.3) is 0 Å². The molecule has 0 spiro atoms. The molecule has 1 amide bonds. The summed E-state index contributed by atoms with van der Waals surface area (Å²) >= 11 is 0. The molecular formula is C17H19N3O. The van der Waals surface area contributed by atoms with Crippen molar-refractivity contribution in [3.05, 3.63) is 59.7 Å². The third-order valence-electron chi connectivity index (χ3n) is 3.91. The van der Waals surface area contributed by atoms with E-state index in [4.69, 9.17) is 0 Å². The van der Waals surface area contributed by atoms with Crippen molar-refractivity contribution < 1.29 is 4.79 Å².